The van der Waals surface area contributed by atoms with Crippen molar-refractivity contribution in [3.05, 3.63) is 74.6 Å². The first-order chi connectivity index (χ1) is 12.8. The molecule has 0 saturated heterocycles. The largest absolute Gasteiger partial charge is 0.422 e. The van der Waals surface area contributed by atoms with Gasteiger partial charge in [-0.05, 0) is 67.6 Å². The minimum atomic E-state index is -0.355. The summed E-state index contributed by atoms with van der Waals surface area (Å²) < 4.78 is 5.40. The average Bonchev–Trinajstić information content (AvgIpc) is 2.61. The van der Waals surface area contributed by atoms with Gasteiger partial charge in [0.05, 0.1) is 5.75 Å². The first kappa shape index (κ1) is 19.2. The van der Waals surface area contributed by atoms with Gasteiger partial charge in [-0.25, -0.2) is 4.79 Å². The van der Waals surface area contributed by atoms with Crippen LogP contribution in [0.4, 0.5) is 5.69 Å². The second-order valence-corrected chi connectivity index (χ2v) is 7.80. The summed E-state index contributed by atoms with van der Waals surface area (Å²) in [5, 5.41) is 3.85. The van der Waals surface area contributed by atoms with Crippen molar-refractivity contribution in [1.29, 1.82) is 0 Å². The van der Waals surface area contributed by atoms with Gasteiger partial charge < -0.3 is 9.73 Å². The summed E-state index contributed by atoms with van der Waals surface area (Å²) in [7, 11) is 0. The van der Waals surface area contributed by atoms with Gasteiger partial charge in [0.15, 0.2) is 0 Å². The summed E-state index contributed by atoms with van der Waals surface area (Å²) in [5.41, 5.74) is 6.39. The van der Waals surface area contributed by atoms with Gasteiger partial charge in [-0.3, -0.25) is 4.79 Å². The Kier molecular flexibility index (Phi) is 5.71. The van der Waals surface area contributed by atoms with Crippen molar-refractivity contribution in [3.63, 3.8) is 0 Å². The van der Waals surface area contributed by atoms with E-state index in [1.165, 1.54) is 23.4 Å². The zero-order valence-electron chi connectivity index (χ0n) is 16.0. The molecule has 0 radical (unpaired) electrons. The first-order valence-electron chi connectivity index (χ1n) is 8.83. The number of rotatable bonds is 5. The van der Waals surface area contributed by atoms with Gasteiger partial charge in [0.25, 0.3) is 0 Å². The maximum Gasteiger partial charge on any atom is 0.336 e. The van der Waals surface area contributed by atoms with Crippen LogP contribution in [-0.4, -0.2) is 11.7 Å². The maximum atomic E-state index is 12.2. The molecule has 3 aromatic rings. The number of amides is 1. The van der Waals surface area contributed by atoms with Crippen molar-refractivity contribution in [3.8, 4) is 0 Å². The molecule has 0 aliphatic rings. The van der Waals surface area contributed by atoms with Crippen molar-refractivity contribution >= 4 is 34.3 Å². The van der Waals surface area contributed by atoms with Crippen LogP contribution in [0.15, 0.2) is 45.6 Å². The third-order valence-electron chi connectivity index (χ3n) is 4.80. The fourth-order valence-corrected chi connectivity index (χ4v) is 3.73. The predicted octanol–water partition coefficient (Wildman–Crippen LogP) is 4.90. The molecule has 5 heteroatoms. The molecule has 0 aliphatic heterocycles. The lowest BCUT2D eigenvalue weighted by molar-refractivity contribution is -0.113. The molecule has 0 bridgehead atoms. The van der Waals surface area contributed by atoms with E-state index < -0.39 is 0 Å². The second-order valence-electron chi connectivity index (χ2n) is 6.81. The number of aryl methyl sites for hydroxylation is 4. The molecular formula is C22H23NO3S. The fourth-order valence-electron chi connectivity index (χ4n) is 2.91. The zero-order valence-corrected chi connectivity index (χ0v) is 16.8. The van der Waals surface area contributed by atoms with Gasteiger partial charge in [-0.15, -0.1) is 11.8 Å². The van der Waals surface area contributed by atoms with E-state index in [1.807, 2.05) is 58.0 Å². The molecule has 2 aromatic carbocycles. The monoisotopic (exact) mass is 381 g/mol. The number of benzene rings is 2. The topological polar surface area (TPSA) is 59.3 Å². The summed E-state index contributed by atoms with van der Waals surface area (Å²) >= 11 is 1.48. The Morgan fingerprint density at radius 2 is 1.74 bits per heavy atom. The third-order valence-corrected chi connectivity index (χ3v) is 5.78. The van der Waals surface area contributed by atoms with Crippen molar-refractivity contribution < 1.29 is 9.21 Å². The van der Waals surface area contributed by atoms with Crippen LogP contribution in [0.2, 0.25) is 0 Å². The summed E-state index contributed by atoms with van der Waals surface area (Å²) in [5.74, 6) is 0.840. The molecule has 4 nitrogen and oxygen atoms in total. The summed E-state index contributed by atoms with van der Waals surface area (Å²) in [6, 6.07) is 11.4. The number of carbonyl (C=O) groups is 1. The number of fused-ring (bicyclic) bond motifs is 1. The SMILES string of the molecule is Cc1ccc(NC(=O)CSCc2cc(=O)oc3c(C)c(C)ccc23)cc1C. The van der Waals surface area contributed by atoms with E-state index in [0.29, 0.717) is 17.1 Å². The van der Waals surface area contributed by atoms with Crippen molar-refractivity contribution in [2.75, 3.05) is 11.1 Å². The molecule has 3 rings (SSSR count). The standard InChI is InChI=1S/C22H23NO3S/c1-13-5-7-18(9-15(13)3)23-20(24)12-27-11-17-10-21(25)26-22-16(4)14(2)6-8-19(17)22/h5-10H,11-12H2,1-4H3,(H,23,24). The predicted molar refractivity (Wildman–Crippen MR) is 113 cm³/mol. The van der Waals surface area contributed by atoms with Crippen LogP contribution in [0.3, 0.4) is 0 Å². The van der Waals surface area contributed by atoms with Crippen LogP contribution in [-0.2, 0) is 10.5 Å². The fraction of sp³-hybridized carbons (Fsp3) is 0.273. The lowest BCUT2D eigenvalue weighted by Crippen LogP contribution is -2.14. The molecular weight excluding hydrogens is 358 g/mol. The molecule has 0 spiro atoms. The number of anilines is 1. The minimum absolute atomic E-state index is 0.0532. The molecule has 0 saturated carbocycles. The Labute approximate surface area is 163 Å². The molecule has 0 fully saturated rings. The summed E-state index contributed by atoms with van der Waals surface area (Å²) in [6.07, 6.45) is 0. The van der Waals surface area contributed by atoms with Crippen LogP contribution in [0.1, 0.15) is 27.8 Å². The number of nitrogens with one attached hydrogen (secondary N) is 1. The van der Waals surface area contributed by atoms with Crippen LogP contribution >= 0.6 is 11.8 Å². The van der Waals surface area contributed by atoms with Crippen LogP contribution in [0.5, 0.6) is 0 Å². The first-order valence-corrected chi connectivity index (χ1v) is 9.98. The Balaban J connectivity index is 1.68. The highest BCUT2D eigenvalue weighted by molar-refractivity contribution is 7.99. The van der Waals surface area contributed by atoms with Gasteiger partial charge in [-0.1, -0.05) is 18.2 Å². The molecule has 1 heterocycles. The Morgan fingerprint density at radius 3 is 2.48 bits per heavy atom. The van der Waals surface area contributed by atoms with Crippen molar-refractivity contribution in [1.82, 2.24) is 0 Å². The highest BCUT2D eigenvalue weighted by Gasteiger charge is 2.11. The van der Waals surface area contributed by atoms with E-state index in [4.69, 9.17) is 4.42 Å². The number of thioether (sulfide) groups is 1. The minimum Gasteiger partial charge on any atom is -0.422 e. The van der Waals surface area contributed by atoms with Crippen LogP contribution < -0.4 is 10.9 Å². The molecule has 1 N–H and O–H groups in total. The summed E-state index contributed by atoms with van der Waals surface area (Å²) in [4.78, 5) is 24.1. The van der Waals surface area contributed by atoms with Gasteiger partial charge in [0, 0.05) is 22.9 Å². The number of hydrogen-bond donors (Lipinski definition) is 1. The number of hydrogen-bond acceptors (Lipinski definition) is 4. The highest BCUT2D eigenvalue weighted by Crippen LogP contribution is 2.26. The smallest absolute Gasteiger partial charge is 0.336 e. The van der Waals surface area contributed by atoms with Gasteiger partial charge in [0.2, 0.25) is 5.91 Å². The Hall–Kier alpha value is -2.53. The van der Waals surface area contributed by atoms with Crippen molar-refractivity contribution in [2.45, 2.75) is 33.4 Å². The molecule has 1 amide bonds. The van der Waals surface area contributed by atoms with E-state index in [9.17, 15) is 9.59 Å². The number of carbonyl (C=O) groups excluding carboxylic acids is 1. The molecule has 0 unspecified atom stereocenters. The second kappa shape index (κ2) is 8.01. The van der Waals surface area contributed by atoms with Crippen LogP contribution in [0.25, 0.3) is 11.0 Å². The normalized spacial score (nSPS) is 11.0. The van der Waals surface area contributed by atoms with Gasteiger partial charge in [0.1, 0.15) is 5.58 Å². The Morgan fingerprint density at radius 1 is 1.00 bits per heavy atom. The lowest BCUT2D eigenvalue weighted by Gasteiger charge is -2.10. The highest BCUT2D eigenvalue weighted by atomic mass is 32.2. The summed E-state index contributed by atoms with van der Waals surface area (Å²) in [6.45, 7) is 8.01. The average molecular weight is 381 g/mol. The molecule has 0 aliphatic carbocycles. The molecule has 27 heavy (non-hydrogen) atoms. The van der Waals surface area contributed by atoms with E-state index >= 15 is 0 Å². The molecule has 140 valence electrons. The lowest BCUT2D eigenvalue weighted by atomic mass is 10.0. The van der Waals surface area contributed by atoms with Gasteiger partial charge >= 0.3 is 5.63 Å². The zero-order chi connectivity index (χ0) is 19.6. The maximum absolute atomic E-state index is 12.2. The van der Waals surface area contributed by atoms with E-state index in [2.05, 4.69) is 5.32 Å². The quantitative estimate of drug-likeness (QED) is 0.639. The van der Waals surface area contributed by atoms with E-state index in [1.54, 1.807) is 0 Å². The van der Waals surface area contributed by atoms with Crippen LogP contribution in [0, 0.1) is 27.7 Å². The Bertz CT molecular complexity index is 1070. The third kappa shape index (κ3) is 4.42. The van der Waals surface area contributed by atoms with E-state index in [-0.39, 0.29) is 11.5 Å². The van der Waals surface area contributed by atoms with Crippen molar-refractivity contribution in [2.24, 2.45) is 0 Å². The molecule has 1 aromatic heterocycles. The molecule has 0 atom stereocenters. The van der Waals surface area contributed by atoms with E-state index in [0.717, 1.165) is 33.3 Å². The van der Waals surface area contributed by atoms with Gasteiger partial charge in [-0.2, -0.15) is 0 Å².